The predicted octanol–water partition coefficient (Wildman–Crippen LogP) is 2.79. The molecule has 1 N–H and O–H groups in total. The van der Waals surface area contributed by atoms with Crippen molar-refractivity contribution in [3.8, 4) is 0 Å². The Morgan fingerprint density at radius 2 is 2.39 bits per heavy atom. The third-order valence-corrected chi connectivity index (χ3v) is 5.99. The molecule has 1 saturated heterocycles. The molecule has 0 aliphatic carbocycles. The number of hydrogen-bond acceptors (Lipinski definition) is 4. The molecular weight excluding hydrogens is 262 g/mol. The van der Waals surface area contributed by atoms with Crippen LogP contribution in [0.1, 0.15) is 32.1 Å². The summed E-state index contributed by atoms with van der Waals surface area (Å²) < 4.78 is 2.31. The first-order valence-electron chi connectivity index (χ1n) is 6.80. The maximum Gasteiger partial charge on any atom is 0.127 e. The quantitative estimate of drug-likeness (QED) is 0.870. The van der Waals surface area contributed by atoms with Gasteiger partial charge >= 0.3 is 0 Å². The molecule has 1 fully saturated rings. The highest BCUT2D eigenvalue weighted by Gasteiger charge is 2.28. The first-order valence-corrected chi connectivity index (χ1v) is 9.01. The second kappa shape index (κ2) is 7.46. The molecular formula is C13H23N3S2. The number of imidazole rings is 1. The number of hydrogen-bond donors (Lipinski definition) is 1. The lowest BCUT2D eigenvalue weighted by atomic mass is 10.2. The number of nitrogens with zero attached hydrogens (tertiary/aromatic N) is 2. The Balaban J connectivity index is 2.14. The zero-order valence-corrected chi connectivity index (χ0v) is 12.9. The summed E-state index contributed by atoms with van der Waals surface area (Å²) in [6, 6.07) is 0.398. The van der Waals surface area contributed by atoms with Crippen molar-refractivity contribution in [2.75, 3.05) is 23.8 Å². The van der Waals surface area contributed by atoms with Gasteiger partial charge in [-0.05, 0) is 13.0 Å². The smallest absolute Gasteiger partial charge is 0.127 e. The van der Waals surface area contributed by atoms with Crippen molar-refractivity contribution in [1.29, 1.82) is 0 Å². The van der Waals surface area contributed by atoms with Crippen LogP contribution in [0.2, 0.25) is 0 Å². The van der Waals surface area contributed by atoms with Gasteiger partial charge in [0.15, 0.2) is 0 Å². The van der Waals surface area contributed by atoms with Crippen molar-refractivity contribution in [2.45, 2.75) is 38.1 Å². The van der Waals surface area contributed by atoms with Crippen LogP contribution < -0.4 is 5.32 Å². The molecule has 0 aromatic carbocycles. The van der Waals surface area contributed by atoms with Gasteiger partial charge in [-0.3, -0.25) is 0 Å². The second-order valence-corrected chi connectivity index (χ2v) is 7.00. The molecule has 18 heavy (non-hydrogen) atoms. The topological polar surface area (TPSA) is 29.9 Å². The Labute approximate surface area is 119 Å². The summed E-state index contributed by atoms with van der Waals surface area (Å²) in [4.78, 5) is 4.61. The third-order valence-electron chi connectivity index (χ3n) is 3.13. The summed E-state index contributed by atoms with van der Waals surface area (Å²) in [5.41, 5.74) is 0. The van der Waals surface area contributed by atoms with E-state index in [1.807, 2.05) is 6.20 Å². The zero-order valence-electron chi connectivity index (χ0n) is 11.3. The molecule has 0 saturated carbocycles. The van der Waals surface area contributed by atoms with Crippen molar-refractivity contribution in [2.24, 2.45) is 0 Å². The molecule has 2 atom stereocenters. The minimum Gasteiger partial charge on any atom is -0.334 e. The summed E-state index contributed by atoms with van der Waals surface area (Å²) in [6.07, 6.45) is 5.22. The van der Waals surface area contributed by atoms with Crippen LogP contribution in [0.5, 0.6) is 0 Å². The average molecular weight is 285 g/mol. The van der Waals surface area contributed by atoms with E-state index in [4.69, 9.17) is 0 Å². The van der Waals surface area contributed by atoms with E-state index in [-0.39, 0.29) is 0 Å². The maximum absolute atomic E-state index is 4.61. The van der Waals surface area contributed by atoms with Gasteiger partial charge in [-0.15, -0.1) is 0 Å². The van der Waals surface area contributed by atoms with E-state index >= 15 is 0 Å². The maximum atomic E-state index is 4.61. The molecule has 0 radical (unpaired) electrons. The third kappa shape index (κ3) is 3.45. The number of rotatable bonds is 6. The van der Waals surface area contributed by atoms with E-state index in [2.05, 4.69) is 58.4 Å². The van der Waals surface area contributed by atoms with Gasteiger partial charge in [0.2, 0.25) is 0 Å². The molecule has 2 unspecified atom stereocenters. The normalized spacial score (nSPS) is 22.0. The molecule has 3 nitrogen and oxygen atoms in total. The molecule has 1 aromatic heterocycles. The van der Waals surface area contributed by atoms with Crippen LogP contribution in [0.25, 0.3) is 0 Å². The number of aromatic nitrogens is 2. The van der Waals surface area contributed by atoms with E-state index in [0.29, 0.717) is 11.3 Å². The Kier molecular flexibility index (Phi) is 5.92. The summed E-state index contributed by atoms with van der Waals surface area (Å²) in [6.45, 7) is 6.48. The molecule has 5 heteroatoms. The van der Waals surface area contributed by atoms with E-state index < -0.39 is 0 Å². The molecule has 2 rings (SSSR count). The summed E-state index contributed by atoms with van der Waals surface area (Å²) in [5, 5.41) is 4.29. The van der Waals surface area contributed by atoms with Crippen molar-refractivity contribution in [3.63, 3.8) is 0 Å². The molecule has 1 aliphatic rings. The SMILES string of the molecule is CCCn1ccnc1C(NCC)C1CSCCS1. The standard InChI is InChI=1S/C13H23N3S2/c1-3-6-16-7-5-15-13(16)12(14-4-2)11-10-17-8-9-18-11/h5,7,11-12,14H,3-4,6,8-10H2,1-2H3. The summed E-state index contributed by atoms with van der Waals surface area (Å²) in [5.74, 6) is 5.02. The summed E-state index contributed by atoms with van der Waals surface area (Å²) >= 11 is 4.18. The van der Waals surface area contributed by atoms with Crippen LogP contribution >= 0.6 is 23.5 Å². The van der Waals surface area contributed by atoms with Crippen LogP contribution in [0.3, 0.4) is 0 Å². The zero-order chi connectivity index (χ0) is 12.8. The van der Waals surface area contributed by atoms with Gasteiger partial charge in [0.05, 0.1) is 6.04 Å². The summed E-state index contributed by atoms with van der Waals surface area (Å²) in [7, 11) is 0. The highest BCUT2D eigenvalue weighted by molar-refractivity contribution is 8.06. The Bertz CT molecular complexity index is 348. The van der Waals surface area contributed by atoms with Gasteiger partial charge in [-0.25, -0.2) is 4.98 Å². The first kappa shape index (κ1) is 14.3. The number of nitrogens with one attached hydrogen (secondary N) is 1. The Morgan fingerprint density at radius 3 is 3.06 bits per heavy atom. The monoisotopic (exact) mass is 285 g/mol. The fourth-order valence-corrected chi connectivity index (χ4v) is 5.17. The van der Waals surface area contributed by atoms with E-state index in [1.54, 1.807) is 0 Å². The fourth-order valence-electron chi connectivity index (χ4n) is 2.34. The van der Waals surface area contributed by atoms with Gasteiger partial charge in [-0.1, -0.05) is 13.8 Å². The van der Waals surface area contributed by atoms with Gasteiger partial charge in [0.25, 0.3) is 0 Å². The van der Waals surface area contributed by atoms with Crippen LogP contribution in [-0.4, -0.2) is 38.6 Å². The molecule has 1 aliphatic heterocycles. The van der Waals surface area contributed by atoms with Crippen LogP contribution in [-0.2, 0) is 6.54 Å². The number of thioether (sulfide) groups is 2. The molecule has 0 spiro atoms. The lowest BCUT2D eigenvalue weighted by Gasteiger charge is -2.30. The van der Waals surface area contributed by atoms with E-state index in [0.717, 1.165) is 19.5 Å². The highest BCUT2D eigenvalue weighted by Crippen LogP contribution is 2.33. The molecule has 0 bridgehead atoms. The van der Waals surface area contributed by atoms with Crippen LogP contribution in [0.15, 0.2) is 12.4 Å². The van der Waals surface area contributed by atoms with Crippen molar-refractivity contribution in [1.82, 2.24) is 14.9 Å². The Morgan fingerprint density at radius 1 is 1.50 bits per heavy atom. The fraction of sp³-hybridized carbons (Fsp3) is 0.769. The highest BCUT2D eigenvalue weighted by atomic mass is 32.2. The van der Waals surface area contributed by atoms with Gasteiger partial charge in [0, 0.05) is 41.4 Å². The number of aryl methyl sites for hydroxylation is 1. The minimum atomic E-state index is 0.398. The van der Waals surface area contributed by atoms with Crippen molar-refractivity contribution < 1.29 is 0 Å². The minimum absolute atomic E-state index is 0.398. The van der Waals surface area contributed by atoms with Crippen LogP contribution in [0.4, 0.5) is 0 Å². The first-order chi connectivity index (χ1) is 8.86. The largest absolute Gasteiger partial charge is 0.334 e. The molecule has 2 heterocycles. The Hall–Kier alpha value is -0.130. The average Bonchev–Trinajstić information content (AvgIpc) is 2.85. The van der Waals surface area contributed by atoms with Gasteiger partial charge in [0.1, 0.15) is 5.82 Å². The predicted molar refractivity (Wildman–Crippen MR) is 82.5 cm³/mol. The van der Waals surface area contributed by atoms with Gasteiger partial charge < -0.3 is 9.88 Å². The lowest BCUT2D eigenvalue weighted by molar-refractivity contribution is 0.489. The molecule has 102 valence electrons. The van der Waals surface area contributed by atoms with Crippen LogP contribution in [0, 0.1) is 0 Å². The second-order valence-electron chi connectivity index (χ2n) is 4.50. The van der Waals surface area contributed by atoms with Crippen molar-refractivity contribution in [3.05, 3.63) is 18.2 Å². The molecule has 0 amide bonds. The molecule has 1 aromatic rings. The van der Waals surface area contributed by atoms with Crippen molar-refractivity contribution >= 4 is 23.5 Å². The van der Waals surface area contributed by atoms with E-state index in [9.17, 15) is 0 Å². The van der Waals surface area contributed by atoms with E-state index in [1.165, 1.54) is 23.1 Å². The van der Waals surface area contributed by atoms with Gasteiger partial charge in [-0.2, -0.15) is 23.5 Å². The lowest BCUT2D eigenvalue weighted by Crippen LogP contribution is -2.35.